The van der Waals surface area contributed by atoms with Crippen LogP contribution in [0.3, 0.4) is 0 Å². The first-order chi connectivity index (χ1) is 9.52. The largest absolute Gasteiger partial charge is 0.329 e. The number of benzene rings is 1. The minimum absolute atomic E-state index is 0.0318. The normalized spacial score (nSPS) is 19.5. The number of likely N-dealkylation sites (tertiary alicyclic amines) is 1. The number of piperidine rings is 1. The molecule has 3 nitrogen and oxygen atoms in total. The fraction of sp³-hybridized carbons (Fsp3) is 0.600. The van der Waals surface area contributed by atoms with Gasteiger partial charge in [-0.1, -0.05) is 15.9 Å². The van der Waals surface area contributed by atoms with Crippen molar-refractivity contribution in [3.8, 4) is 0 Å². The minimum atomic E-state index is -0.168. The first kappa shape index (κ1) is 15.9. The molecule has 5 heteroatoms. The number of nitrogens with two attached hydrogens (primary N) is 1. The Bertz CT molecular complexity index is 445. The van der Waals surface area contributed by atoms with Crippen molar-refractivity contribution >= 4 is 15.9 Å². The van der Waals surface area contributed by atoms with Crippen LogP contribution in [0.25, 0.3) is 0 Å². The fourth-order valence-corrected chi connectivity index (χ4v) is 3.34. The highest BCUT2D eigenvalue weighted by atomic mass is 79.9. The predicted octanol–water partition coefficient (Wildman–Crippen LogP) is 2.61. The molecule has 1 aliphatic heterocycles. The maximum Gasteiger partial charge on any atom is 0.128 e. The van der Waals surface area contributed by atoms with E-state index in [2.05, 4.69) is 39.8 Å². The molecule has 0 radical (unpaired) electrons. The Morgan fingerprint density at radius 3 is 2.60 bits per heavy atom. The molecule has 1 aliphatic rings. The molecule has 1 saturated heterocycles. The summed E-state index contributed by atoms with van der Waals surface area (Å²) in [6.07, 6.45) is 2.22. The zero-order valence-corrected chi connectivity index (χ0v) is 13.7. The highest BCUT2D eigenvalue weighted by molar-refractivity contribution is 9.10. The molecule has 2 N–H and O–H groups in total. The molecule has 20 heavy (non-hydrogen) atoms. The lowest BCUT2D eigenvalue weighted by Crippen LogP contribution is -2.45. The van der Waals surface area contributed by atoms with Gasteiger partial charge in [0.05, 0.1) is 0 Å². The second-order valence-corrected chi connectivity index (χ2v) is 6.56. The summed E-state index contributed by atoms with van der Waals surface area (Å²) in [5, 5.41) is 0. The van der Waals surface area contributed by atoms with E-state index in [0.717, 1.165) is 30.4 Å². The topological polar surface area (TPSA) is 32.5 Å². The first-order valence-electron chi connectivity index (χ1n) is 7.08. The van der Waals surface area contributed by atoms with Crippen molar-refractivity contribution in [2.75, 3.05) is 33.7 Å². The van der Waals surface area contributed by atoms with E-state index in [4.69, 9.17) is 5.73 Å². The van der Waals surface area contributed by atoms with Crippen molar-refractivity contribution in [2.24, 2.45) is 5.73 Å². The van der Waals surface area contributed by atoms with E-state index in [-0.39, 0.29) is 11.9 Å². The van der Waals surface area contributed by atoms with Gasteiger partial charge in [0.1, 0.15) is 5.82 Å². The van der Waals surface area contributed by atoms with Gasteiger partial charge >= 0.3 is 0 Å². The Labute approximate surface area is 129 Å². The molecule has 0 saturated carbocycles. The van der Waals surface area contributed by atoms with Crippen LogP contribution in [0.4, 0.5) is 4.39 Å². The van der Waals surface area contributed by atoms with Crippen LogP contribution in [-0.2, 0) is 0 Å². The lowest BCUT2D eigenvalue weighted by Gasteiger charge is -2.39. The molecule has 1 aromatic rings. The summed E-state index contributed by atoms with van der Waals surface area (Å²) < 4.78 is 15.0. The Morgan fingerprint density at radius 1 is 1.40 bits per heavy atom. The van der Waals surface area contributed by atoms with Gasteiger partial charge in [0.2, 0.25) is 0 Å². The molecular formula is C15H23BrFN3. The smallest absolute Gasteiger partial charge is 0.128 e. The maximum absolute atomic E-state index is 14.1. The van der Waals surface area contributed by atoms with Crippen LogP contribution < -0.4 is 5.73 Å². The quantitative estimate of drug-likeness (QED) is 0.911. The summed E-state index contributed by atoms with van der Waals surface area (Å²) in [7, 11) is 4.24. The van der Waals surface area contributed by atoms with Gasteiger partial charge in [-0.25, -0.2) is 4.39 Å². The van der Waals surface area contributed by atoms with E-state index in [1.807, 2.05) is 6.07 Å². The Hall–Kier alpha value is -0.490. The standard InChI is InChI=1S/C15H23BrFN3/c1-19(2)12-5-7-20(8-6-12)15(10-18)13-9-11(16)3-4-14(13)17/h3-4,9,12,15H,5-8,10,18H2,1-2H3. The van der Waals surface area contributed by atoms with E-state index in [0.29, 0.717) is 18.2 Å². The molecule has 2 rings (SSSR count). The highest BCUT2D eigenvalue weighted by Crippen LogP contribution is 2.28. The third kappa shape index (κ3) is 3.58. The van der Waals surface area contributed by atoms with E-state index >= 15 is 0 Å². The van der Waals surface area contributed by atoms with Crippen molar-refractivity contribution < 1.29 is 4.39 Å². The average molecular weight is 344 g/mol. The summed E-state index contributed by atoms with van der Waals surface area (Å²) in [6.45, 7) is 2.38. The zero-order valence-electron chi connectivity index (χ0n) is 12.1. The lowest BCUT2D eigenvalue weighted by molar-refractivity contribution is 0.109. The van der Waals surface area contributed by atoms with Crippen molar-refractivity contribution in [2.45, 2.75) is 24.9 Å². The van der Waals surface area contributed by atoms with Gasteiger partial charge in [0.25, 0.3) is 0 Å². The van der Waals surface area contributed by atoms with Crippen molar-refractivity contribution in [3.63, 3.8) is 0 Å². The van der Waals surface area contributed by atoms with Crippen LogP contribution in [0.5, 0.6) is 0 Å². The van der Waals surface area contributed by atoms with Crippen LogP contribution >= 0.6 is 15.9 Å². The average Bonchev–Trinajstić information content (AvgIpc) is 2.44. The van der Waals surface area contributed by atoms with Gasteiger partial charge in [0.15, 0.2) is 0 Å². The SMILES string of the molecule is CN(C)C1CCN(C(CN)c2cc(Br)ccc2F)CC1. The van der Waals surface area contributed by atoms with Crippen LogP contribution in [0.2, 0.25) is 0 Å². The van der Waals surface area contributed by atoms with Crippen LogP contribution in [0, 0.1) is 5.82 Å². The molecule has 0 amide bonds. The third-order valence-corrected chi connectivity index (χ3v) is 4.70. The second-order valence-electron chi connectivity index (χ2n) is 5.65. The van der Waals surface area contributed by atoms with E-state index in [1.165, 1.54) is 6.07 Å². The van der Waals surface area contributed by atoms with Gasteiger partial charge < -0.3 is 10.6 Å². The molecule has 0 aromatic heterocycles. The molecular weight excluding hydrogens is 321 g/mol. The Balaban J connectivity index is 2.11. The predicted molar refractivity (Wildman–Crippen MR) is 84.2 cm³/mol. The zero-order chi connectivity index (χ0) is 14.7. The minimum Gasteiger partial charge on any atom is -0.329 e. The van der Waals surface area contributed by atoms with Crippen molar-refractivity contribution in [1.29, 1.82) is 0 Å². The van der Waals surface area contributed by atoms with Crippen LogP contribution in [0.15, 0.2) is 22.7 Å². The molecule has 1 heterocycles. The molecule has 0 bridgehead atoms. The first-order valence-corrected chi connectivity index (χ1v) is 7.87. The summed E-state index contributed by atoms with van der Waals surface area (Å²) in [5.41, 5.74) is 6.61. The molecule has 1 atom stereocenters. The van der Waals surface area contributed by atoms with Gasteiger partial charge in [-0.15, -0.1) is 0 Å². The van der Waals surface area contributed by atoms with Gasteiger partial charge in [0, 0.05) is 41.8 Å². The summed E-state index contributed by atoms with van der Waals surface area (Å²) in [6, 6.07) is 5.68. The number of rotatable bonds is 4. The third-order valence-electron chi connectivity index (χ3n) is 4.21. The highest BCUT2D eigenvalue weighted by Gasteiger charge is 2.27. The van der Waals surface area contributed by atoms with Crippen LogP contribution in [0.1, 0.15) is 24.4 Å². The molecule has 1 unspecified atom stereocenters. The number of hydrogen-bond donors (Lipinski definition) is 1. The van der Waals surface area contributed by atoms with Crippen LogP contribution in [-0.4, -0.2) is 49.6 Å². The number of hydrogen-bond acceptors (Lipinski definition) is 3. The second kappa shape index (κ2) is 6.98. The molecule has 1 aromatic carbocycles. The van der Waals surface area contributed by atoms with E-state index < -0.39 is 0 Å². The Kier molecular flexibility index (Phi) is 5.55. The lowest BCUT2D eigenvalue weighted by atomic mass is 9.98. The summed E-state index contributed by atoms with van der Waals surface area (Å²) in [4.78, 5) is 4.58. The van der Waals surface area contributed by atoms with Crippen molar-refractivity contribution in [1.82, 2.24) is 9.80 Å². The van der Waals surface area contributed by atoms with Gasteiger partial charge in [-0.05, 0) is 45.1 Å². The summed E-state index contributed by atoms with van der Waals surface area (Å²) >= 11 is 3.41. The van der Waals surface area contributed by atoms with Gasteiger partial charge in [-0.3, -0.25) is 4.90 Å². The van der Waals surface area contributed by atoms with E-state index in [9.17, 15) is 4.39 Å². The maximum atomic E-state index is 14.1. The van der Waals surface area contributed by atoms with Gasteiger partial charge in [-0.2, -0.15) is 0 Å². The molecule has 1 fully saturated rings. The molecule has 0 spiro atoms. The van der Waals surface area contributed by atoms with Crippen molar-refractivity contribution in [3.05, 3.63) is 34.1 Å². The molecule has 112 valence electrons. The van der Waals surface area contributed by atoms with E-state index in [1.54, 1.807) is 6.07 Å². The molecule has 0 aliphatic carbocycles. The Morgan fingerprint density at radius 2 is 2.05 bits per heavy atom. The number of halogens is 2. The fourth-order valence-electron chi connectivity index (χ4n) is 2.96. The number of nitrogens with zero attached hydrogens (tertiary/aromatic N) is 2. The monoisotopic (exact) mass is 343 g/mol. The summed E-state index contributed by atoms with van der Waals surface area (Å²) in [5.74, 6) is -0.168.